The van der Waals surface area contributed by atoms with E-state index in [1.54, 1.807) is 0 Å². The van der Waals surface area contributed by atoms with Gasteiger partial charge in [-0.25, -0.2) is 4.79 Å². The quantitative estimate of drug-likeness (QED) is 0.888. The predicted molar refractivity (Wildman–Crippen MR) is 70.2 cm³/mol. The standard InChI is InChI=1S/C13H22N4O/c1-11(2)15-13(18)16-8-4-12(5-9-16)10-17-7-3-6-14-17/h3,6-7,11-12H,4-5,8-10H2,1-2H3,(H,15,18). The average Bonchev–Trinajstić information content (AvgIpc) is 2.82. The summed E-state index contributed by atoms with van der Waals surface area (Å²) in [5.74, 6) is 0.632. The number of likely N-dealkylation sites (tertiary alicyclic amines) is 1. The van der Waals surface area contributed by atoms with Crippen LogP contribution in [0.15, 0.2) is 18.5 Å². The highest BCUT2D eigenvalue weighted by Gasteiger charge is 2.23. The summed E-state index contributed by atoms with van der Waals surface area (Å²) in [6.07, 6.45) is 5.93. The minimum absolute atomic E-state index is 0.0718. The van der Waals surface area contributed by atoms with Crippen LogP contribution in [0.3, 0.4) is 0 Å². The van der Waals surface area contributed by atoms with Gasteiger partial charge >= 0.3 is 6.03 Å². The van der Waals surface area contributed by atoms with Crippen LogP contribution in [0, 0.1) is 5.92 Å². The van der Waals surface area contributed by atoms with Gasteiger partial charge in [0.15, 0.2) is 0 Å². The third-order valence-electron chi connectivity index (χ3n) is 3.32. The fraction of sp³-hybridized carbons (Fsp3) is 0.692. The molecule has 1 aromatic rings. The maximum absolute atomic E-state index is 11.8. The summed E-state index contributed by atoms with van der Waals surface area (Å²) >= 11 is 0. The van der Waals surface area contributed by atoms with E-state index >= 15 is 0 Å². The van der Waals surface area contributed by atoms with E-state index in [0.29, 0.717) is 5.92 Å². The molecule has 0 unspecified atom stereocenters. The van der Waals surface area contributed by atoms with Crippen molar-refractivity contribution in [2.45, 2.75) is 39.3 Å². The van der Waals surface area contributed by atoms with Gasteiger partial charge in [0.05, 0.1) is 0 Å². The number of hydrogen-bond acceptors (Lipinski definition) is 2. The molecule has 1 N–H and O–H groups in total. The molecule has 0 radical (unpaired) electrons. The van der Waals surface area contributed by atoms with Crippen LogP contribution < -0.4 is 5.32 Å². The Hall–Kier alpha value is -1.52. The van der Waals surface area contributed by atoms with Gasteiger partial charge < -0.3 is 10.2 Å². The first kappa shape index (κ1) is 12.9. The second-order valence-corrected chi connectivity index (χ2v) is 5.26. The van der Waals surface area contributed by atoms with E-state index < -0.39 is 0 Å². The van der Waals surface area contributed by atoms with Crippen molar-refractivity contribution in [3.63, 3.8) is 0 Å². The molecule has 0 spiro atoms. The number of rotatable bonds is 3. The number of urea groups is 1. The molecule has 2 amide bonds. The third kappa shape index (κ3) is 3.48. The molecule has 1 aromatic heterocycles. The van der Waals surface area contributed by atoms with E-state index in [1.165, 1.54) is 0 Å². The van der Waals surface area contributed by atoms with Gasteiger partial charge in [0, 0.05) is 38.1 Å². The van der Waals surface area contributed by atoms with Gasteiger partial charge in [0.25, 0.3) is 0 Å². The Morgan fingerprint density at radius 1 is 1.44 bits per heavy atom. The summed E-state index contributed by atoms with van der Waals surface area (Å²) in [6.45, 7) is 6.65. The van der Waals surface area contributed by atoms with Crippen molar-refractivity contribution in [3.05, 3.63) is 18.5 Å². The second kappa shape index (κ2) is 5.89. The van der Waals surface area contributed by atoms with E-state index in [2.05, 4.69) is 10.4 Å². The van der Waals surface area contributed by atoms with Crippen LogP contribution in [0.1, 0.15) is 26.7 Å². The van der Waals surface area contributed by atoms with Gasteiger partial charge in [0.1, 0.15) is 0 Å². The molecule has 5 nitrogen and oxygen atoms in total. The van der Waals surface area contributed by atoms with Gasteiger partial charge in [-0.2, -0.15) is 5.10 Å². The smallest absolute Gasteiger partial charge is 0.317 e. The number of hydrogen-bond donors (Lipinski definition) is 1. The molecule has 0 atom stereocenters. The van der Waals surface area contributed by atoms with Crippen molar-refractivity contribution in [1.29, 1.82) is 0 Å². The Bertz CT molecular complexity index is 366. The van der Waals surface area contributed by atoms with Gasteiger partial charge in [0.2, 0.25) is 0 Å². The van der Waals surface area contributed by atoms with Crippen LogP contribution in [0.25, 0.3) is 0 Å². The fourth-order valence-electron chi connectivity index (χ4n) is 2.33. The summed E-state index contributed by atoms with van der Waals surface area (Å²) in [7, 11) is 0. The predicted octanol–water partition coefficient (Wildman–Crippen LogP) is 1.71. The zero-order valence-electron chi connectivity index (χ0n) is 11.2. The summed E-state index contributed by atoms with van der Waals surface area (Å²) in [5.41, 5.74) is 0. The van der Waals surface area contributed by atoms with Crippen LogP contribution in [-0.2, 0) is 6.54 Å². The molecular formula is C13H22N4O. The largest absolute Gasteiger partial charge is 0.336 e. The summed E-state index contributed by atoms with van der Waals surface area (Å²) in [5, 5.41) is 7.17. The van der Waals surface area contributed by atoms with E-state index in [-0.39, 0.29) is 12.1 Å². The zero-order valence-corrected chi connectivity index (χ0v) is 11.2. The molecule has 18 heavy (non-hydrogen) atoms. The highest BCUT2D eigenvalue weighted by Crippen LogP contribution is 2.18. The molecule has 5 heteroatoms. The number of nitrogens with one attached hydrogen (secondary N) is 1. The molecule has 1 saturated heterocycles. The monoisotopic (exact) mass is 250 g/mol. The molecular weight excluding hydrogens is 228 g/mol. The van der Waals surface area contributed by atoms with E-state index in [1.807, 2.05) is 41.9 Å². The van der Waals surface area contributed by atoms with Gasteiger partial charge in [-0.15, -0.1) is 0 Å². The molecule has 0 saturated carbocycles. The van der Waals surface area contributed by atoms with E-state index in [4.69, 9.17) is 0 Å². The molecule has 1 aliphatic rings. The van der Waals surface area contributed by atoms with Crippen LogP contribution in [-0.4, -0.2) is 39.8 Å². The lowest BCUT2D eigenvalue weighted by Gasteiger charge is -2.32. The first-order chi connectivity index (χ1) is 8.65. The number of nitrogens with zero attached hydrogens (tertiary/aromatic N) is 3. The van der Waals surface area contributed by atoms with Gasteiger partial charge in [-0.1, -0.05) is 0 Å². The van der Waals surface area contributed by atoms with Crippen LogP contribution in [0.5, 0.6) is 0 Å². The molecule has 2 rings (SSSR count). The normalized spacial score (nSPS) is 17.2. The second-order valence-electron chi connectivity index (χ2n) is 5.26. The van der Waals surface area contributed by atoms with Gasteiger partial charge in [-0.05, 0) is 38.7 Å². The van der Waals surface area contributed by atoms with Crippen molar-refractivity contribution >= 4 is 6.03 Å². The van der Waals surface area contributed by atoms with Crippen LogP contribution >= 0.6 is 0 Å². The lowest BCUT2D eigenvalue weighted by atomic mass is 9.97. The number of carbonyl (C=O) groups excluding carboxylic acids is 1. The zero-order chi connectivity index (χ0) is 13.0. The van der Waals surface area contributed by atoms with E-state index in [0.717, 1.165) is 32.5 Å². The number of piperidine rings is 1. The summed E-state index contributed by atoms with van der Waals surface area (Å²) < 4.78 is 1.98. The molecule has 100 valence electrons. The minimum atomic E-state index is 0.0718. The highest BCUT2D eigenvalue weighted by atomic mass is 16.2. The Morgan fingerprint density at radius 3 is 2.72 bits per heavy atom. The molecule has 0 aromatic carbocycles. The summed E-state index contributed by atoms with van der Waals surface area (Å²) in [4.78, 5) is 13.7. The minimum Gasteiger partial charge on any atom is -0.336 e. The summed E-state index contributed by atoms with van der Waals surface area (Å²) in [6, 6.07) is 2.23. The molecule has 0 bridgehead atoms. The molecule has 2 heterocycles. The molecule has 0 aliphatic carbocycles. The fourth-order valence-corrected chi connectivity index (χ4v) is 2.33. The number of amides is 2. The first-order valence-electron chi connectivity index (χ1n) is 6.68. The van der Waals surface area contributed by atoms with Crippen molar-refractivity contribution in [1.82, 2.24) is 20.0 Å². The maximum Gasteiger partial charge on any atom is 0.317 e. The van der Waals surface area contributed by atoms with Crippen molar-refractivity contribution in [2.75, 3.05) is 13.1 Å². The van der Waals surface area contributed by atoms with Crippen molar-refractivity contribution < 1.29 is 4.79 Å². The topological polar surface area (TPSA) is 50.2 Å². The van der Waals surface area contributed by atoms with Crippen molar-refractivity contribution in [2.24, 2.45) is 5.92 Å². The molecule has 1 fully saturated rings. The van der Waals surface area contributed by atoms with E-state index in [9.17, 15) is 4.79 Å². The lowest BCUT2D eigenvalue weighted by molar-refractivity contribution is 0.162. The maximum atomic E-state index is 11.8. The Balaban J connectivity index is 1.76. The Kier molecular flexibility index (Phi) is 4.23. The van der Waals surface area contributed by atoms with Crippen LogP contribution in [0.2, 0.25) is 0 Å². The highest BCUT2D eigenvalue weighted by molar-refractivity contribution is 5.74. The van der Waals surface area contributed by atoms with Crippen molar-refractivity contribution in [3.8, 4) is 0 Å². The number of carbonyl (C=O) groups is 1. The van der Waals surface area contributed by atoms with Crippen LogP contribution in [0.4, 0.5) is 4.79 Å². The molecule has 1 aliphatic heterocycles. The SMILES string of the molecule is CC(C)NC(=O)N1CCC(Cn2cccn2)CC1. The number of aromatic nitrogens is 2. The van der Waals surface area contributed by atoms with Gasteiger partial charge in [-0.3, -0.25) is 4.68 Å². The Morgan fingerprint density at radius 2 is 2.17 bits per heavy atom. The first-order valence-corrected chi connectivity index (χ1v) is 6.68. The third-order valence-corrected chi connectivity index (χ3v) is 3.32. The lowest BCUT2D eigenvalue weighted by Crippen LogP contribution is -2.46. The average molecular weight is 250 g/mol. The Labute approximate surface area is 108 Å².